The summed E-state index contributed by atoms with van der Waals surface area (Å²) in [6.45, 7) is 7.43. The van der Waals surface area contributed by atoms with Gasteiger partial charge < -0.3 is 9.64 Å². The van der Waals surface area contributed by atoms with Gasteiger partial charge in [0.05, 0.1) is 30.6 Å². The van der Waals surface area contributed by atoms with E-state index in [4.69, 9.17) is 4.74 Å². The summed E-state index contributed by atoms with van der Waals surface area (Å²) < 4.78 is 4.83. The average molecular weight is 249 g/mol. The van der Waals surface area contributed by atoms with Crippen LogP contribution in [0, 0.1) is 25.7 Å². The van der Waals surface area contributed by atoms with Crippen LogP contribution in [-0.2, 0) is 9.53 Å². The van der Waals surface area contributed by atoms with Gasteiger partial charge in [-0.2, -0.15) is 0 Å². The van der Waals surface area contributed by atoms with Crippen molar-refractivity contribution in [1.29, 1.82) is 0 Å². The normalized spacial score (nSPS) is 23.2. The van der Waals surface area contributed by atoms with Gasteiger partial charge in [0.15, 0.2) is 0 Å². The summed E-state index contributed by atoms with van der Waals surface area (Å²) in [5, 5.41) is 0. The van der Waals surface area contributed by atoms with Gasteiger partial charge in [0.1, 0.15) is 5.82 Å². The van der Waals surface area contributed by atoms with Crippen molar-refractivity contribution >= 4 is 11.8 Å². The molecule has 2 rings (SSSR count). The van der Waals surface area contributed by atoms with Crippen LogP contribution in [0.4, 0.5) is 5.82 Å². The molecule has 2 atom stereocenters. The van der Waals surface area contributed by atoms with Gasteiger partial charge in [0, 0.05) is 13.1 Å². The Balaban J connectivity index is 2.16. The maximum absolute atomic E-state index is 11.6. The molecule has 0 aliphatic carbocycles. The van der Waals surface area contributed by atoms with Gasteiger partial charge in [-0.05, 0) is 19.8 Å². The van der Waals surface area contributed by atoms with E-state index in [0.29, 0.717) is 6.54 Å². The van der Waals surface area contributed by atoms with Gasteiger partial charge in [0.2, 0.25) is 0 Å². The van der Waals surface area contributed by atoms with E-state index in [9.17, 15) is 4.79 Å². The number of carbonyl (C=O) groups excluding carboxylic acids is 1. The molecular weight excluding hydrogens is 230 g/mol. The molecule has 1 saturated heterocycles. The van der Waals surface area contributed by atoms with Gasteiger partial charge in [-0.25, -0.2) is 4.98 Å². The van der Waals surface area contributed by atoms with Crippen LogP contribution in [-0.4, -0.2) is 36.1 Å². The highest BCUT2D eigenvalue weighted by atomic mass is 16.5. The molecule has 0 saturated carbocycles. The largest absolute Gasteiger partial charge is 0.469 e. The zero-order valence-electron chi connectivity index (χ0n) is 11.3. The highest BCUT2D eigenvalue weighted by Crippen LogP contribution is 2.27. The topological polar surface area (TPSA) is 55.3 Å². The first-order valence-electron chi connectivity index (χ1n) is 6.16. The molecule has 1 aromatic rings. The summed E-state index contributed by atoms with van der Waals surface area (Å²) in [5.41, 5.74) is 1.87. The molecule has 1 aliphatic heterocycles. The fourth-order valence-electron chi connectivity index (χ4n) is 2.29. The lowest BCUT2D eigenvalue weighted by Crippen LogP contribution is -2.25. The van der Waals surface area contributed by atoms with Gasteiger partial charge in [-0.3, -0.25) is 9.78 Å². The van der Waals surface area contributed by atoms with E-state index in [1.165, 1.54) is 7.11 Å². The molecule has 18 heavy (non-hydrogen) atoms. The number of ether oxygens (including phenoxy) is 1. The summed E-state index contributed by atoms with van der Waals surface area (Å²) in [7, 11) is 1.44. The first kappa shape index (κ1) is 12.8. The lowest BCUT2D eigenvalue weighted by Gasteiger charge is -2.17. The minimum Gasteiger partial charge on any atom is -0.469 e. The fourth-order valence-corrected chi connectivity index (χ4v) is 2.29. The van der Waals surface area contributed by atoms with E-state index in [-0.39, 0.29) is 17.8 Å². The van der Waals surface area contributed by atoms with Crippen LogP contribution >= 0.6 is 0 Å². The van der Waals surface area contributed by atoms with E-state index < -0.39 is 0 Å². The summed E-state index contributed by atoms with van der Waals surface area (Å²) in [4.78, 5) is 22.6. The van der Waals surface area contributed by atoms with Crippen molar-refractivity contribution in [3.63, 3.8) is 0 Å². The summed E-state index contributed by atoms with van der Waals surface area (Å²) in [6, 6.07) is 0. The summed E-state index contributed by atoms with van der Waals surface area (Å²) >= 11 is 0. The molecule has 0 spiro atoms. The molecule has 5 nitrogen and oxygen atoms in total. The maximum atomic E-state index is 11.6. The predicted molar refractivity (Wildman–Crippen MR) is 68.4 cm³/mol. The van der Waals surface area contributed by atoms with Crippen molar-refractivity contribution in [3.05, 3.63) is 17.6 Å². The van der Waals surface area contributed by atoms with Gasteiger partial charge >= 0.3 is 5.97 Å². The second kappa shape index (κ2) is 4.92. The van der Waals surface area contributed by atoms with Crippen molar-refractivity contribution in [2.75, 3.05) is 25.1 Å². The fraction of sp³-hybridized carbons (Fsp3) is 0.615. The molecule has 5 heteroatoms. The van der Waals surface area contributed by atoms with E-state index >= 15 is 0 Å². The molecule has 2 unspecified atom stereocenters. The molecule has 1 aromatic heterocycles. The number of hydrogen-bond acceptors (Lipinski definition) is 5. The standard InChI is InChI=1S/C13H19N3O2/c1-8-6-16(7-11(8)13(17)18-4)12-5-14-9(2)10(3)15-12/h5,8,11H,6-7H2,1-4H3. The van der Waals surface area contributed by atoms with Crippen LogP contribution in [0.15, 0.2) is 6.20 Å². The number of rotatable bonds is 2. The number of aryl methyl sites for hydroxylation is 2. The lowest BCUT2D eigenvalue weighted by atomic mass is 9.99. The Morgan fingerprint density at radius 2 is 2.11 bits per heavy atom. The Morgan fingerprint density at radius 1 is 1.39 bits per heavy atom. The van der Waals surface area contributed by atoms with Crippen molar-refractivity contribution < 1.29 is 9.53 Å². The molecule has 0 N–H and O–H groups in total. The van der Waals surface area contributed by atoms with Crippen molar-refractivity contribution in [2.45, 2.75) is 20.8 Å². The lowest BCUT2D eigenvalue weighted by molar-refractivity contribution is -0.145. The maximum Gasteiger partial charge on any atom is 0.310 e. The molecule has 1 aliphatic rings. The van der Waals surface area contributed by atoms with E-state index in [1.54, 1.807) is 6.20 Å². The van der Waals surface area contributed by atoms with Crippen LogP contribution in [0.2, 0.25) is 0 Å². The van der Waals surface area contributed by atoms with Gasteiger partial charge in [-0.1, -0.05) is 6.92 Å². The molecular formula is C13H19N3O2. The molecule has 0 bridgehead atoms. The third-order valence-corrected chi connectivity index (χ3v) is 3.62. The number of methoxy groups -OCH3 is 1. The number of aromatic nitrogens is 2. The number of hydrogen-bond donors (Lipinski definition) is 0. The van der Waals surface area contributed by atoms with Gasteiger partial charge in [0.25, 0.3) is 0 Å². The number of nitrogens with zero attached hydrogens (tertiary/aromatic N) is 3. The van der Waals surface area contributed by atoms with Crippen LogP contribution in [0.3, 0.4) is 0 Å². The molecule has 0 radical (unpaired) electrons. The molecule has 1 fully saturated rings. The number of esters is 1. The first-order chi connectivity index (χ1) is 8.52. The van der Waals surface area contributed by atoms with E-state index in [0.717, 1.165) is 23.8 Å². The predicted octanol–water partition coefficient (Wildman–Crippen LogP) is 1.34. The Morgan fingerprint density at radius 3 is 2.72 bits per heavy atom. The first-order valence-corrected chi connectivity index (χ1v) is 6.16. The minimum absolute atomic E-state index is 0.0709. The zero-order chi connectivity index (χ0) is 13.3. The highest BCUT2D eigenvalue weighted by molar-refractivity contribution is 5.74. The SMILES string of the molecule is COC(=O)C1CN(c2cnc(C)c(C)n2)CC1C. The zero-order valence-corrected chi connectivity index (χ0v) is 11.3. The second-order valence-electron chi connectivity index (χ2n) is 4.91. The summed E-state index contributed by atoms with van der Waals surface area (Å²) in [5.74, 6) is 0.914. The van der Waals surface area contributed by atoms with Crippen LogP contribution in [0.25, 0.3) is 0 Å². The second-order valence-corrected chi connectivity index (χ2v) is 4.91. The monoisotopic (exact) mass is 249 g/mol. The van der Waals surface area contributed by atoms with Crippen LogP contribution in [0.1, 0.15) is 18.3 Å². The summed E-state index contributed by atoms with van der Waals surface area (Å²) in [6.07, 6.45) is 1.77. The van der Waals surface area contributed by atoms with Gasteiger partial charge in [-0.15, -0.1) is 0 Å². The Kier molecular flexibility index (Phi) is 3.50. The Hall–Kier alpha value is -1.65. The van der Waals surface area contributed by atoms with E-state index in [2.05, 4.69) is 21.8 Å². The third kappa shape index (κ3) is 2.30. The van der Waals surface area contributed by atoms with Crippen molar-refractivity contribution in [1.82, 2.24) is 9.97 Å². The van der Waals surface area contributed by atoms with Crippen molar-refractivity contribution in [2.24, 2.45) is 11.8 Å². The van der Waals surface area contributed by atoms with E-state index in [1.807, 2.05) is 13.8 Å². The molecule has 0 amide bonds. The average Bonchev–Trinajstić information content (AvgIpc) is 2.74. The number of anilines is 1. The van der Waals surface area contributed by atoms with Crippen molar-refractivity contribution in [3.8, 4) is 0 Å². The molecule has 98 valence electrons. The van der Waals surface area contributed by atoms with Crippen LogP contribution in [0.5, 0.6) is 0 Å². The highest BCUT2D eigenvalue weighted by Gasteiger charge is 2.36. The Labute approximate surface area is 107 Å². The smallest absolute Gasteiger partial charge is 0.310 e. The molecule has 2 heterocycles. The third-order valence-electron chi connectivity index (χ3n) is 3.62. The van der Waals surface area contributed by atoms with Crippen LogP contribution < -0.4 is 4.90 Å². The number of carbonyl (C=O) groups is 1. The Bertz CT molecular complexity index is 462. The molecule has 0 aromatic carbocycles. The quantitative estimate of drug-likeness (QED) is 0.740. The minimum atomic E-state index is -0.137.